The predicted molar refractivity (Wildman–Crippen MR) is 154 cm³/mol. The zero-order valence-electron chi connectivity index (χ0n) is 23.0. The molecule has 33 heavy (non-hydrogen) atoms. The van der Waals surface area contributed by atoms with Crippen molar-refractivity contribution < 1.29 is 0 Å². The van der Waals surface area contributed by atoms with Crippen LogP contribution >= 0.6 is 0 Å². The van der Waals surface area contributed by atoms with Crippen molar-refractivity contribution in [3.05, 3.63) is 72.8 Å². The minimum atomic E-state index is 1.00. The SMILES string of the molecule is C=C(C)CCCCCCC1CCCCC1C.C=CC.CC.CCc1cccc2ccccc12. The summed E-state index contributed by atoms with van der Waals surface area (Å²) in [5.41, 5.74) is 2.79. The minimum absolute atomic E-state index is 1.00. The van der Waals surface area contributed by atoms with Gasteiger partial charge in [0.15, 0.2) is 0 Å². The summed E-state index contributed by atoms with van der Waals surface area (Å²) in [6.07, 6.45) is 17.2. The van der Waals surface area contributed by atoms with Crippen molar-refractivity contribution in [3.8, 4) is 0 Å². The van der Waals surface area contributed by atoms with Crippen LogP contribution < -0.4 is 0 Å². The van der Waals surface area contributed by atoms with Crippen LogP contribution in [0.4, 0.5) is 0 Å². The van der Waals surface area contributed by atoms with Gasteiger partial charge < -0.3 is 0 Å². The second-order valence-electron chi connectivity index (χ2n) is 9.33. The molecule has 0 aliphatic heterocycles. The van der Waals surface area contributed by atoms with Gasteiger partial charge in [0.25, 0.3) is 0 Å². The first-order valence-electron chi connectivity index (χ1n) is 13.7. The van der Waals surface area contributed by atoms with Crippen molar-refractivity contribution in [3.63, 3.8) is 0 Å². The zero-order chi connectivity index (χ0) is 24.9. The second kappa shape index (κ2) is 20.8. The Kier molecular flexibility index (Phi) is 19.6. The maximum atomic E-state index is 3.96. The predicted octanol–water partition coefficient (Wildman–Crippen LogP) is 11.4. The number of fused-ring (bicyclic) bond motifs is 1. The summed E-state index contributed by atoms with van der Waals surface area (Å²) in [6.45, 7) is 20.0. The lowest BCUT2D eigenvalue weighted by Crippen LogP contribution is -2.16. The summed E-state index contributed by atoms with van der Waals surface area (Å²) < 4.78 is 0. The number of benzene rings is 2. The molecule has 0 saturated heterocycles. The van der Waals surface area contributed by atoms with Crippen LogP contribution in [-0.4, -0.2) is 0 Å². The van der Waals surface area contributed by atoms with Gasteiger partial charge in [-0.05, 0) is 61.3 Å². The van der Waals surface area contributed by atoms with E-state index in [-0.39, 0.29) is 0 Å². The number of unbranched alkanes of at least 4 members (excludes halogenated alkanes) is 3. The fraction of sp³-hybridized carbons (Fsp3) is 0.576. The molecule has 0 radical (unpaired) electrons. The molecule has 1 fully saturated rings. The van der Waals surface area contributed by atoms with Gasteiger partial charge in [-0.2, -0.15) is 0 Å². The summed E-state index contributed by atoms with van der Waals surface area (Å²) in [7, 11) is 0. The molecular weight excluding hydrogens is 396 g/mol. The number of rotatable bonds is 8. The van der Waals surface area contributed by atoms with Crippen molar-refractivity contribution in [2.45, 2.75) is 112 Å². The molecule has 0 N–H and O–H groups in total. The molecule has 2 aromatic rings. The van der Waals surface area contributed by atoms with Gasteiger partial charge in [0.2, 0.25) is 0 Å². The molecule has 186 valence electrons. The van der Waals surface area contributed by atoms with Gasteiger partial charge in [-0.3, -0.25) is 0 Å². The molecule has 0 aromatic heterocycles. The molecule has 0 spiro atoms. The Morgan fingerprint density at radius 2 is 1.55 bits per heavy atom. The highest BCUT2D eigenvalue weighted by molar-refractivity contribution is 5.85. The van der Waals surface area contributed by atoms with Crippen LogP contribution in [0.2, 0.25) is 0 Å². The fourth-order valence-electron chi connectivity index (χ4n) is 4.61. The Morgan fingerprint density at radius 1 is 0.939 bits per heavy atom. The number of hydrogen-bond acceptors (Lipinski definition) is 0. The van der Waals surface area contributed by atoms with Crippen LogP contribution in [-0.2, 0) is 6.42 Å². The third-order valence-corrected chi connectivity index (χ3v) is 6.48. The van der Waals surface area contributed by atoms with Crippen molar-refractivity contribution in [2.24, 2.45) is 11.8 Å². The highest BCUT2D eigenvalue weighted by atomic mass is 14.3. The highest BCUT2D eigenvalue weighted by Crippen LogP contribution is 2.33. The van der Waals surface area contributed by atoms with Gasteiger partial charge >= 0.3 is 0 Å². The lowest BCUT2D eigenvalue weighted by atomic mass is 9.78. The van der Waals surface area contributed by atoms with Crippen LogP contribution in [0, 0.1) is 11.8 Å². The number of allylic oxidation sites excluding steroid dienone is 2. The van der Waals surface area contributed by atoms with Gasteiger partial charge in [-0.25, -0.2) is 0 Å². The Balaban J connectivity index is 0.000000531. The van der Waals surface area contributed by atoms with Gasteiger partial charge in [0.05, 0.1) is 0 Å². The van der Waals surface area contributed by atoms with Gasteiger partial charge in [-0.1, -0.05) is 133 Å². The smallest absolute Gasteiger partial charge is 0.0152 e. The number of aryl methyl sites for hydroxylation is 1. The first-order valence-corrected chi connectivity index (χ1v) is 13.7. The van der Waals surface area contributed by atoms with E-state index in [0.717, 1.165) is 18.3 Å². The minimum Gasteiger partial charge on any atom is -0.103 e. The van der Waals surface area contributed by atoms with Crippen molar-refractivity contribution in [2.75, 3.05) is 0 Å². The summed E-state index contributed by atoms with van der Waals surface area (Å²) in [5.74, 6) is 2.05. The molecule has 0 bridgehead atoms. The van der Waals surface area contributed by atoms with E-state index < -0.39 is 0 Å². The Morgan fingerprint density at radius 3 is 2.18 bits per heavy atom. The van der Waals surface area contributed by atoms with Gasteiger partial charge in [0.1, 0.15) is 0 Å². The van der Waals surface area contributed by atoms with Crippen molar-refractivity contribution in [1.29, 1.82) is 0 Å². The molecule has 2 unspecified atom stereocenters. The summed E-state index contributed by atoms with van der Waals surface area (Å²) >= 11 is 0. The fourth-order valence-corrected chi connectivity index (χ4v) is 4.61. The molecule has 2 aromatic carbocycles. The van der Waals surface area contributed by atoms with E-state index in [1.807, 2.05) is 20.8 Å². The van der Waals surface area contributed by atoms with Crippen LogP contribution in [0.25, 0.3) is 10.8 Å². The van der Waals surface area contributed by atoms with Crippen LogP contribution in [0.3, 0.4) is 0 Å². The first-order chi connectivity index (χ1) is 16.0. The van der Waals surface area contributed by atoms with E-state index >= 15 is 0 Å². The lowest BCUT2D eigenvalue weighted by molar-refractivity contribution is 0.236. The zero-order valence-corrected chi connectivity index (χ0v) is 23.0. The van der Waals surface area contributed by atoms with Gasteiger partial charge in [-0.15, -0.1) is 13.2 Å². The second-order valence-corrected chi connectivity index (χ2v) is 9.33. The molecule has 1 saturated carbocycles. The monoisotopic (exact) mass is 450 g/mol. The van der Waals surface area contributed by atoms with E-state index in [1.54, 1.807) is 6.08 Å². The van der Waals surface area contributed by atoms with Crippen LogP contribution in [0.5, 0.6) is 0 Å². The van der Waals surface area contributed by atoms with E-state index in [2.05, 4.69) is 76.4 Å². The first kappa shape index (κ1) is 31.2. The molecule has 0 heteroatoms. The molecule has 1 aliphatic carbocycles. The standard InChI is InChI=1S/C16H30.C12H12.C3H6.C2H6/c1-14(2)10-6-4-5-7-12-16-13-9-8-11-15(16)3;1-2-10-7-5-8-11-6-3-4-9-12(10)11;1-3-2;1-2/h15-16H,1,4-13H2,2-3H3;3-9H,2H2,1H3;3H,1H2,2H3;1-2H3. The number of hydrogen-bond donors (Lipinski definition) is 0. The average Bonchev–Trinajstić information content (AvgIpc) is 2.84. The van der Waals surface area contributed by atoms with Crippen LogP contribution in [0.1, 0.15) is 111 Å². The Bertz CT molecular complexity index is 733. The van der Waals surface area contributed by atoms with E-state index in [0.29, 0.717) is 0 Å². The molecule has 3 rings (SSSR count). The molecule has 0 heterocycles. The molecule has 0 nitrogen and oxygen atoms in total. The topological polar surface area (TPSA) is 0 Å². The van der Waals surface area contributed by atoms with Crippen molar-refractivity contribution in [1.82, 2.24) is 0 Å². The summed E-state index contributed by atoms with van der Waals surface area (Å²) in [4.78, 5) is 0. The average molecular weight is 451 g/mol. The van der Waals surface area contributed by atoms with Gasteiger partial charge in [0, 0.05) is 0 Å². The highest BCUT2D eigenvalue weighted by Gasteiger charge is 2.20. The quantitative estimate of drug-likeness (QED) is 0.277. The Labute approximate surface area is 207 Å². The molecular formula is C33H54. The normalized spacial score (nSPS) is 16.8. The van der Waals surface area contributed by atoms with E-state index in [4.69, 9.17) is 0 Å². The Hall–Kier alpha value is -1.82. The maximum absolute atomic E-state index is 3.96. The summed E-state index contributed by atoms with van der Waals surface area (Å²) in [6, 6.07) is 15.0. The third kappa shape index (κ3) is 14.1. The van der Waals surface area contributed by atoms with E-state index in [1.165, 1.54) is 86.1 Å². The third-order valence-electron chi connectivity index (χ3n) is 6.48. The summed E-state index contributed by atoms with van der Waals surface area (Å²) in [5, 5.41) is 2.74. The maximum Gasteiger partial charge on any atom is -0.0152 e. The molecule has 0 amide bonds. The molecule has 1 aliphatic rings. The van der Waals surface area contributed by atoms with Crippen LogP contribution in [0.15, 0.2) is 67.3 Å². The largest absolute Gasteiger partial charge is 0.103 e. The van der Waals surface area contributed by atoms with E-state index in [9.17, 15) is 0 Å². The van der Waals surface area contributed by atoms with Crippen molar-refractivity contribution >= 4 is 10.8 Å². The lowest BCUT2D eigenvalue weighted by Gasteiger charge is -2.28. The molecule has 2 atom stereocenters.